The zero-order valence-corrected chi connectivity index (χ0v) is 12.8. The SMILES string of the molecule is CCOC(=O)C(C/C=C/Cl)(CC(C)C)C(=O)OCC. The van der Waals surface area contributed by atoms with Crippen molar-refractivity contribution < 1.29 is 19.1 Å². The van der Waals surface area contributed by atoms with Crippen molar-refractivity contribution in [2.45, 2.75) is 40.5 Å². The Morgan fingerprint density at radius 3 is 1.95 bits per heavy atom. The molecule has 0 radical (unpaired) electrons. The molecule has 0 unspecified atom stereocenters. The predicted molar refractivity (Wildman–Crippen MR) is 74.8 cm³/mol. The largest absolute Gasteiger partial charge is 0.465 e. The molecule has 0 spiro atoms. The molecule has 110 valence electrons. The van der Waals surface area contributed by atoms with Crippen LogP contribution in [-0.2, 0) is 19.1 Å². The second kappa shape index (κ2) is 8.97. The molecule has 0 rings (SSSR count). The average molecular weight is 291 g/mol. The first-order valence-corrected chi connectivity index (χ1v) is 6.97. The minimum absolute atomic E-state index is 0.150. The summed E-state index contributed by atoms with van der Waals surface area (Å²) < 4.78 is 10.1. The van der Waals surface area contributed by atoms with E-state index in [1.165, 1.54) is 5.54 Å². The van der Waals surface area contributed by atoms with E-state index in [1.54, 1.807) is 19.9 Å². The van der Waals surface area contributed by atoms with Crippen molar-refractivity contribution in [2.24, 2.45) is 11.3 Å². The second-order valence-corrected chi connectivity index (χ2v) is 4.94. The van der Waals surface area contributed by atoms with Crippen molar-refractivity contribution in [1.29, 1.82) is 0 Å². The number of hydrogen-bond acceptors (Lipinski definition) is 4. The lowest BCUT2D eigenvalue weighted by Crippen LogP contribution is -2.43. The molecule has 0 bridgehead atoms. The van der Waals surface area contributed by atoms with Crippen LogP contribution in [0, 0.1) is 11.3 Å². The quantitative estimate of drug-likeness (QED) is 0.508. The summed E-state index contributed by atoms with van der Waals surface area (Å²) in [5, 5.41) is 0. The van der Waals surface area contributed by atoms with Gasteiger partial charge in [-0.3, -0.25) is 9.59 Å². The topological polar surface area (TPSA) is 52.6 Å². The number of halogens is 1. The van der Waals surface area contributed by atoms with Gasteiger partial charge in [-0.2, -0.15) is 0 Å². The lowest BCUT2D eigenvalue weighted by Gasteiger charge is -2.29. The van der Waals surface area contributed by atoms with E-state index in [9.17, 15) is 9.59 Å². The molecule has 19 heavy (non-hydrogen) atoms. The number of rotatable bonds is 8. The van der Waals surface area contributed by atoms with Crippen LogP contribution >= 0.6 is 11.6 Å². The van der Waals surface area contributed by atoms with Gasteiger partial charge in [0.05, 0.1) is 13.2 Å². The minimum Gasteiger partial charge on any atom is -0.465 e. The summed E-state index contributed by atoms with van der Waals surface area (Å²) in [6, 6.07) is 0. The highest BCUT2D eigenvalue weighted by atomic mass is 35.5. The summed E-state index contributed by atoms with van der Waals surface area (Å²) in [5.74, 6) is -0.939. The third-order valence-electron chi connectivity index (χ3n) is 2.64. The van der Waals surface area contributed by atoms with Crippen LogP contribution in [0.1, 0.15) is 40.5 Å². The van der Waals surface area contributed by atoms with Gasteiger partial charge in [0.2, 0.25) is 0 Å². The van der Waals surface area contributed by atoms with Crippen molar-refractivity contribution in [3.63, 3.8) is 0 Å². The highest BCUT2D eigenvalue weighted by Gasteiger charge is 2.48. The smallest absolute Gasteiger partial charge is 0.323 e. The number of allylic oxidation sites excluding steroid dienone is 1. The Bertz CT molecular complexity index is 305. The summed E-state index contributed by atoms with van der Waals surface area (Å²) in [6.45, 7) is 7.75. The molecule has 0 aromatic heterocycles. The zero-order valence-electron chi connectivity index (χ0n) is 12.1. The van der Waals surface area contributed by atoms with Crippen molar-refractivity contribution in [3.8, 4) is 0 Å². The van der Waals surface area contributed by atoms with Gasteiger partial charge in [-0.15, -0.1) is 0 Å². The van der Waals surface area contributed by atoms with E-state index in [2.05, 4.69) is 0 Å². The van der Waals surface area contributed by atoms with Gasteiger partial charge in [0, 0.05) is 5.54 Å². The lowest BCUT2D eigenvalue weighted by atomic mass is 9.77. The summed E-state index contributed by atoms with van der Waals surface area (Å²) in [5.41, 5.74) is -0.000888. The first-order chi connectivity index (χ1) is 8.94. The van der Waals surface area contributed by atoms with Crippen LogP contribution in [-0.4, -0.2) is 25.2 Å². The molecule has 0 fully saturated rings. The van der Waals surface area contributed by atoms with Crippen LogP contribution in [0.25, 0.3) is 0 Å². The summed E-state index contributed by atoms with van der Waals surface area (Å²) in [7, 11) is 0. The molecule has 0 amide bonds. The van der Waals surface area contributed by atoms with Gasteiger partial charge in [0.25, 0.3) is 0 Å². The van der Waals surface area contributed by atoms with E-state index in [-0.39, 0.29) is 25.6 Å². The highest BCUT2D eigenvalue weighted by Crippen LogP contribution is 2.34. The fraction of sp³-hybridized carbons (Fsp3) is 0.714. The summed E-state index contributed by atoms with van der Waals surface area (Å²) in [6.07, 6.45) is 2.13. The maximum Gasteiger partial charge on any atom is 0.323 e. The van der Waals surface area contributed by atoms with E-state index in [1.807, 2.05) is 13.8 Å². The van der Waals surface area contributed by atoms with Crippen molar-refractivity contribution >= 4 is 23.5 Å². The summed E-state index contributed by atoms with van der Waals surface area (Å²) >= 11 is 5.52. The van der Waals surface area contributed by atoms with Crippen LogP contribution in [0.5, 0.6) is 0 Å². The Morgan fingerprint density at radius 2 is 1.63 bits per heavy atom. The van der Waals surface area contributed by atoms with Crippen LogP contribution in [0.2, 0.25) is 0 Å². The number of carbonyl (C=O) groups is 2. The van der Waals surface area contributed by atoms with Crippen LogP contribution in [0.15, 0.2) is 11.6 Å². The average Bonchev–Trinajstić information content (AvgIpc) is 2.34. The molecule has 4 nitrogen and oxygen atoms in total. The maximum atomic E-state index is 12.2. The molecular weight excluding hydrogens is 268 g/mol. The molecule has 0 aromatic carbocycles. The standard InChI is InChI=1S/C14H23ClO4/c1-5-18-12(16)14(8-7-9-15,10-11(3)4)13(17)19-6-2/h7,9,11H,5-6,8,10H2,1-4H3/b9-7+. The molecular formula is C14H23ClO4. The molecule has 0 aliphatic rings. The normalized spacial score (nSPS) is 11.9. The van der Waals surface area contributed by atoms with Gasteiger partial charge >= 0.3 is 11.9 Å². The van der Waals surface area contributed by atoms with Crippen LogP contribution < -0.4 is 0 Å². The number of esters is 2. The van der Waals surface area contributed by atoms with Gasteiger partial charge in [0.15, 0.2) is 5.41 Å². The van der Waals surface area contributed by atoms with E-state index < -0.39 is 17.4 Å². The third kappa shape index (κ3) is 5.23. The van der Waals surface area contributed by atoms with Gasteiger partial charge < -0.3 is 9.47 Å². The minimum atomic E-state index is -1.30. The fourth-order valence-corrected chi connectivity index (χ4v) is 2.07. The molecule has 0 N–H and O–H groups in total. The lowest BCUT2D eigenvalue weighted by molar-refractivity contribution is -0.173. The zero-order chi connectivity index (χ0) is 14.9. The Balaban J connectivity index is 5.41. The first kappa shape index (κ1) is 18.0. The molecule has 0 saturated carbocycles. The van der Waals surface area contributed by atoms with Crippen molar-refractivity contribution in [2.75, 3.05) is 13.2 Å². The van der Waals surface area contributed by atoms with Crippen molar-refractivity contribution in [1.82, 2.24) is 0 Å². The van der Waals surface area contributed by atoms with E-state index in [4.69, 9.17) is 21.1 Å². The number of ether oxygens (including phenoxy) is 2. The van der Waals surface area contributed by atoms with Crippen molar-refractivity contribution in [3.05, 3.63) is 11.6 Å². The fourth-order valence-electron chi connectivity index (χ4n) is 1.98. The Kier molecular flexibility index (Phi) is 8.48. The predicted octanol–water partition coefficient (Wildman–Crippen LogP) is 3.29. The second-order valence-electron chi connectivity index (χ2n) is 4.69. The maximum absolute atomic E-state index is 12.2. The van der Waals surface area contributed by atoms with Gasteiger partial charge in [-0.25, -0.2) is 0 Å². The van der Waals surface area contributed by atoms with E-state index in [0.29, 0.717) is 6.42 Å². The molecule has 5 heteroatoms. The Morgan fingerprint density at radius 1 is 1.16 bits per heavy atom. The highest BCUT2D eigenvalue weighted by molar-refractivity contribution is 6.25. The van der Waals surface area contributed by atoms with Crippen LogP contribution in [0.3, 0.4) is 0 Å². The molecule has 0 atom stereocenters. The third-order valence-corrected chi connectivity index (χ3v) is 2.82. The monoisotopic (exact) mass is 290 g/mol. The van der Waals surface area contributed by atoms with E-state index in [0.717, 1.165) is 0 Å². The Hall–Kier alpha value is -1.03. The summed E-state index contributed by atoms with van der Waals surface area (Å²) in [4.78, 5) is 24.4. The molecule has 0 heterocycles. The molecule has 0 aliphatic heterocycles. The first-order valence-electron chi connectivity index (χ1n) is 6.54. The van der Waals surface area contributed by atoms with Gasteiger partial charge in [-0.05, 0) is 32.6 Å². The Labute approximate surface area is 120 Å². The number of hydrogen-bond donors (Lipinski definition) is 0. The molecule has 0 aliphatic carbocycles. The number of carbonyl (C=O) groups excluding carboxylic acids is 2. The molecule has 0 saturated heterocycles. The van der Waals surface area contributed by atoms with Gasteiger partial charge in [-0.1, -0.05) is 31.5 Å². The van der Waals surface area contributed by atoms with Crippen LogP contribution in [0.4, 0.5) is 0 Å². The van der Waals surface area contributed by atoms with Gasteiger partial charge in [0.1, 0.15) is 0 Å². The molecule has 0 aromatic rings. The van der Waals surface area contributed by atoms with E-state index >= 15 is 0 Å².